The molecule has 0 bridgehead atoms. The molecule has 0 saturated carbocycles. The summed E-state index contributed by atoms with van der Waals surface area (Å²) in [6.45, 7) is 0. The Kier molecular flexibility index (Phi) is 3.77. The second kappa shape index (κ2) is 6.12. The van der Waals surface area contributed by atoms with Crippen molar-refractivity contribution in [2.24, 2.45) is 7.05 Å². The predicted molar refractivity (Wildman–Crippen MR) is 98.8 cm³/mol. The first-order chi connectivity index (χ1) is 12.5. The van der Waals surface area contributed by atoms with Crippen LogP contribution in [0.5, 0.6) is 0 Å². The second-order valence-electron chi connectivity index (χ2n) is 5.62. The fourth-order valence-corrected chi connectivity index (χ4v) is 3.22. The molecule has 3 aromatic heterocycles. The van der Waals surface area contributed by atoms with Gasteiger partial charge in [-0.25, -0.2) is 9.78 Å². The number of H-pyrrole nitrogens is 1. The Bertz CT molecular complexity index is 1200. The van der Waals surface area contributed by atoms with Gasteiger partial charge in [-0.15, -0.1) is 11.3 Å². The van der Waals surface area contributed by atoms with Gasteiger partial charge in [-0.05, 0) is 12.1 Å². The number of nitrogens with one attached hydrogen (secondary N) is 2. The molecular weight excluding hydrogens is 354 g/mol. The lowest BCUT2D eigenvalue weighted by molar-refractivity contribution is 0.102. The topological polar surface area (TPSA) is 101 Å². The van der Waals surface area contributed by atoms with E-state index in [2.05, 4.69) is 15.3 Å². The van der Waals surface area contributed by atoms with Crippen molar-refractivity contribution in [3.05, 3.63) is 74.6 Å². The molecule has 0 saturated heterocycles. The molecule has 0 radical (unpaired) electrons. The van der Waals surface area contributed by atoms with Crippen molar-refractivity contribution in [2.75, 3.05) is 5.32 Å². The Balaban J connectivity index is 1.57. The predicted octanol–water partition coefficient (Wildman–Crippen LogP) is 1.70. The number of fused-ring (bicyclic) bond motifs is 1. The number of benzene rings is 1. The average Bonchev–Trinajstić information content (AvgIpc) is 3.22. The fourth-order valence-electron chi connectivity index (χ4n) is 2.52. The maximum atomic E-state index is 12.3. The van der Waals surface area contributed by atoms with Crippen LogP contribution in [-0.2, 0) is 7.05 Å². The molecule has 4 aromatic rings. The van der Waals surface area contributed by atoms with E-state index >= 15 is 0 Å². The lowest BCUT2D eigenvalue weighted by Gasteiger charge is -2.06. The minimum absolute atomic E-state index is 0.134. The zero-order chi connectivity index (χ0) is 18.3. The summed E-state index contributed by atoms with van der Waals surface area (Å²) >= 11 is 1.55. The number of hydrogen-bond donors (Lipinski definition) is 2. The minimum Gasteiger partial charge on any atom is -0.322 e. The molecule has 9 heteroatoms. The molecule has 0 spiro atoms. The van der Waals surface area contributed by atoms with Crippen molar-refractivity contribution in [3.63, 3.8) is 0 Å². The molecule has 0 aliphatic rings. The second-order valence-corrected chi connectivity index (χ2v) is 6.50. The molecule has 0 fully saturated rings. The summed E-state index contributed by atoms with van der Waals surface area (Å²) in [5.74, 6) is -0.586. The van der Waals surface area contributed by atoms with Crippen molar-refractivity contribution in [1.82, 2.24) is 18.9 Å². The van der Waals surface area contributed by atoms with E-state index in [1.165, 1.54) is 7.05 Å². The molecule has 26 heavy (non-hydrogen) atoms. The molecule has 130 valence electrons. The minimum atomic E-state index is -0.652. The van der Waals surface area contributed by atoms with Crippen LogP contribution in [0, 0.1) is 0 Å². The highest BCUT2D eigenvalue weighted by molar-refractivity contribution is 7.15. The standard InChI is InChI=1S/C17H13N5O3S/c1-21-15(24)12(8-18-16(21)25)14(23)19-11-4-2-10(3-5-11)13-9-22-6-7-26-17(22)20-13/h2-9H,1H3,(H,18,25)(H,19,23). The maximum absolute atomic E-state index is 12.3. The van der Waals surface area contributed by atoms with Crippen LogP contribution >= 0.6 is 11.3 Å². The van der Waals surface area contributed by atoms with Crippen molar-refractivity contribution in [1.29, 1.82) is 0 Å². The highest BCUT2D eigenvalue weighted by Gasteiger charge is 2.13. The molecule has 0 atom stereocenters. The molecule has 1 aromatic carbocycles. The third-order valence-electron chi connectivity index (χ3n) is 3.96. The first-order valence-corrected chi connectivity index (χ1v) is 8.53. The van der Waals surface area contributed by atoms with Crippen LogP contribution in [-0.4, -0.2) is 24.8 Å². The van der Waals surface area contributed by atoms with Crippen molar-refractivity contribution in [3.8, 4) is 11.3 Å². The Morgan fingerprint density at radius 3 is 2.73 bits per heavy atom. The molecule has 0 unspecified atom stereocenters. The number of carbonyl (C=O) groups excluding carboxylic acids is 1. The van der Waals surface area contributed by atoms with E-state index in [0.717, 1.165) is 27.0 Å². The fraction of sp³-hybridized carbons (Fsp3) is 0.0588. The lowest BCUT2D eigenvalue weighted by Crippen LogP contribution is -2.37. The van der Waals surface area contributed by atoms with E-state index in [9.17, 15) is 14.4 Å². The van der Waals surface area contributed by atoms with Crippen molar-refractivity contribution >= 4 is 27.9 Å². The molecule has 1 amide bonds. The van der Waals surface area contributed by atoms with Gasteiger partial charge >= 0.3 is 5.69 Å². The van der Waals surface area contributed by atoms with E-state index in [0.29, 0.717) is 5.69 Å². The zero-order valence-electron chi connectivity index (χ0n) is 13.6. The quantitative estimate of drug-likeness (QED) is 0.575. The number of imidazole rings is 1. The number of rotatable bonds is 3. The number of hydrogen-bond acceptors (Lipinski definition) is 5. The number of carbonyl (C=O) groups is 1. The molecule has 0 aliphatic carbocycles. The summed E-state index contributed by atoms with van der Waals surface area (Å²) < 4.78 is 2.80. The number of aromatic nitrogens is 4. The molecule has 8 nitrogen and oxygen atoms in total. The number of nitrogens with zero attached hydrogens (tertiary/aromatic N) is 3. The first kappa shape index (κ1) is 16.0. The van der Waals surface area contributed by atoms with E-state index < -0.39 is 17.2 Å². The van der Waals surface area contributed by atoms with Crippen LogP contribution in [0.1, 0.15) is 10.4 Å². The van der Waals surface area contributed by atoms with Gasteiger partial charge in [0, 0.05) is 42.3 Å². The van der Waals surface area contributed by atoms with E-state index in [1.807, 2.05) is 34.3 Å². The van der Waals surface area contributed by atoms with Gasteiger partial charge in [0.15, 0.2) is 4.96 Å². The number of amides is 1. The number of aromatic amines is 1. The van der Waals surface area contributed by atoms with Crippen LogP contribution in [0.15, 0.2) is 57.8 Å². The summed E-state index contributed by atoms with van der Waals surface area (Å²) in [5.41, 5.74) is 0.929. The Morgan fingerprint density at radius 1 is 1.23 bits per heavy atom. The smallest absolute Gasteiger partial charge is 0.322 e. The SMILES string of the molecule is Cn1c(=O)[nH]cc(C(=O)Nc2ccc(-c3cn4ccsc4n3)cc2)c1=O. The third-order valence-corrected chi connectivity index (χ3v) is 4.73. The molecule has 3 heterocycles. The summed E-state index contributed by atoms with van der Waals surface area (Å²) in [7, 11) is 1.31. The maximum Gasteiger partial charge on any atom is 0.328 e. The monoisotopic (exact) mass is 367 g/mol. The molecule has 2 N–H and O–H groups in total. The third kappa shape index (κ3) is 2.74. The van der Waals surface area contributed by atoms with Gasteiger partial charge in [0.05, 0.1) is 5.69 Å². The van der Waals surface area contributed by atoms with Crippen LogP contribution < -0.4 is 16.6 Å². The largest absolute Gasteiger partial charge is 0.328 e. The summed E-state index contributed by atoms with van der Waals surface area (Å²) in [5, 5.41) is 4.61. The number of thiazole rings is 1. The summed E-state index contributed by atoms with van der Waals surface area (Å²) in [6.07, 6.45) is 4.99. The Morgan fingerprint density at radius 2 is 2.00 bits per heavy atom. The lowest BCUT2D eigenvalue weighted by atomic mass is 10.1. The van der Waals surface area contributed by atoms with Gasteiger partial charge in [-0.2, -0.15) is 0 Å². The van der Waals surface area contributed by atoms with E-state index in [4.69, 9.17) is 0 Å². The average molecular weight is 367 g/mol. The first-order valence-electron chi connectivity index (χ1n) is 7.65. The van der Waals surface area contributed by atoms with E-state index in [-0.39, 0.29) is 5.56 Å². The van der Waals surface area contributed by atoms with Gasteiger partial charge < -0.3 is 10.3 Å². The van der Waals surface area contributed by atoms with Gasteiger partial charge in [0.1, 0.15) is 5.56 Å². The highest BCUT2D eigenvalue weighted by atomic mass is 32.1. The Labute approximate surface area is 150 Å². The van der Waals surface area contributed by atoms with Crippen LogP contribution in [0.4, 0.5) is 5.69 Å². The van der Waals surface area contributed by atoms with Gasteiger partial charge in [-0.1, -0.05) is 12.1 Å². The molecule has 0 aliphatic heterocycles. The highest BCUT2D eigenvalue weighted by Crippen LogP contribution is 2.23. The van der Waals surface area contributed by atoms with Crippen LogP contribution in [0.2, 0.25) is 0 Å². The zero-order valence-corrected chi connectivity index (χ0v) is 14.4. The van der Waals surface area contributed by atoms with Crippen molar-refractivity contribution < 1.29 is 4.79 Å². The van der Waals surface area contributed by atoms with E-state index in [1.54, 1.807) is 23.5 Å². The normalized spacial score (nSPS) is 11.0. The van der Waals surface area contributed by atoms with Gasteiger partial charge in [0.2, 0.25) is 0 Å². The Hall–Kier alpha value is -3.46. The van der Waals surface area contributed by atoms with Crippen LogP contribution in [0.3, 0.4) is 0 Å². The summed E-state index contributed by atoms with van der Waals surface area (Å²) in [4.78, 5) is 43.4. The van der Waals surface area contributed by atoms with Gasteiger partial charge in [-0.3, -0.25) is 18.6 Å². The van der Waals surface area contributed by atoms with Crippen LogP contribution in [0.25, 0.3) is 16.2 Å². The molecular formula is C17H13N5O3S. The summed E-state index contributed by atoms with van der Waals surface area (Å²) in [6, 6.07) is 7.15. The number of anilines is 1. The van der Waals surface area contributed by atoms with Gasteiger partial charge in [0.25, 0.3) is 11.5 Å². The molecule has 4 rings (SSSR count). The van der Waals surface area contributed by atoms with Crippen molar-refractivity contribution in [2.45, 2.75) is 0 Å².